The minimum absolute atomic E-state index is 0.0176. The number of aliphatic hydroxyl groups excluding tert-OH is 1. The summed E-state index contributed by atoms with van der Waals surface area (Å²) in [7, 11) is 1.00. The number of aliphatic hydroxyl groups is 1. The molecule has 0 spiro atoms. The molecule has 0 fully saturated rings. The molecule has 0 radical (unpaired) electrons. The van der Waals surface area contributed by atoms with Gasteiger partial charge in [0, 0.05) is 43.9 Å². The topological polar surface area (TPSA) is 64.6 Å². The van der Waals surface area contributed by atoms with E-state index in [1.54, 1.807) is 0 Å². The molecule has 0 atom stereocenters. The molecule has 2 aromatic rings. The highest BCUT2D eigenvalue weighted by Crippen LogP contribution is 2.29. The van der Waals surface area contributed by atoms with Crippen LogP contribution in [0.3, 0.4) is 0 Å². The fourth-order valence-electron chi connectivity index (χ4n) is 3.82. The van der Waals surface area contributed by atoms with E-state index in [4.69, 9.17) is 5.11 Å². The fraction of sp³-hybridized carbons (Fsp3) is 0.281. The number of aryl methyl sites for hydroxylation is 1. The van der Waals surface area contributed by atoms with Crippen LogP contribution in [0.25, 0.3) is 6.08 Å². The molecule has 0 bridgehead atoms. The molecule has 5 nitrogen and oxygen atoms in total. The van der Waals surface area contributed by atoms with E-state index in [9.17, 15) is 4.79 Å². The van der Waals surface area contributed by atoms with Gasteiger partial charge in [-0.2, -0.15) is 0 Å². The Labute approximate surface area is 223 Å². The molecule has 0 unspecified atom stereocenters. The van der Waals surface area contributed by atoms with E-state index in [2.05, 4.69) is 97.4 Å². The van der Waals surface area contributed by atoms with Gasteiger partial charge >= 0.3 is 0 Å². The molecule has 0 saturated heterocycles. The highest BCUT2D eigenvalue weighted by Gasteiger charge is 2.19. The number of benzene rings is 2. The van der Waals surface area contributed by atoms with Crippen molar-refractivity contribution < 1.29 is 9.90 Å². The zero-order chi connectivity index (χ0) is 27.5. The summed E-state index contributed by atoms with van der Waals surface area (Å²) >= 11 is 0. The lowest BCUT2D eigenvalue weighted by molar-refractivity contribution is 0.0953. The first-order valence-electron chi connectivity index (χ1n) is 12.7. The maximum absolute atomic E-state index is 12.7. The first-order valence-corrected chi connectivity index (χ1v) is 12.7. The molecule has 0 aliphatic carbocycles. The number of allylic oxidation sites excluding steroid dienone is 3. The maximum atomic E-state index is 12.7. The number of hydrogen-bond donors (Lipinski definition) is 3. The molecule has 1 amide bonds. The van der Waals surface area contributed by atoms with Gasteiger partial charge in [-0.25, -0.2) is 0 Å². The van der Waals surface area contributed by atoms with Crippen LogP contribution < -0.4 is 10.6 Å². The quantitative estimate of drug-likeness (QED) is 0.248. The van der Waals surface area contributed by atoms with Gasteiger partial charge in [0.1, 0.15) is 0 Å². The Balaban J connectivity index is 0.00000163. The third kappa shape index (κ3) is 10.5. The van der Waals surface area contributed by atoms with Crippen molar-refractivity contribution in [2.45, 2.75) is 40.2 Å². The van der Waals surface area contributed by atoms with E-state index in [0.717, 1.165) is 37.6 Å². The number of nitrogens with zero attached hydrogens (tertiary/aromatic N) is 1. The third-order valence-corrected chi connectivity index (χ3v) is 5.62. The van der Waals surface area contributed by atoms with Gasteiger partial charge in [-0.3, -0.25) is 4.79 Å². The van der Waals surface area contributed by atoms with Crippen molar-refractivity contribution in [3.8, 4) is 0 Å². The van der Waals surface area contributed by atoms with Crippen molar-refractivity contribution in [2.24, 2.45) is 0 Å². The number of hydrogen-bond acceptors (Lipinski definition) is 4. The SMILES string of the molecule is C/C=C1/C(CCNCc2ccccc2C(=O)NCC/C=C/c2ccc(C)cc2)=CN1/C=C/C.C=C.CO. The molecule has 1 aliphatic rings. The van der Waals surface area contributed by atoms with Crippen LogP contribution in [0, 0.1) is 6.92 Å². The lowest BCUT2D eigenvalue weighted by atomic mass is 10.0. The molecule has 3 rings (SSSR count). The standard InChI is InChI=1S/C29H35N3O.C2H4.CH4O/c1-4-20-32-22-26(28(32)5-2)17-19-30-21-25-11-6-7-12-27(25)29(33)31-18-9-8-10-24-15-13-23(3)14-16-24;2*1-2/h4-8,10-16,20,22,30H,9,17-19,21H2,1-3H3,(H,31,33);1-2H2;2H,1H3/b10-8+,20-4+,28-5-;;. The predicted molar refractivity (Wildman–Crippen MR) is 158 cm³/mol. The summed E-state index contributed by atoms with van der Waals surface area (Å²) in [6.45, 7) is 14.3. The largest absolute Gasteiger partial charge is 0.400 e. The van der Waals surface area contributed by atoms with Crippen LogP contribution in [-0.4, -0.2) is 36.1 Å². The number of carbonyl (C=O) groups excluding carboxylic acids is 1. The summed E-state index contributed by atoms with van der Waals surface area (Å²) in [5.41, 5.74) is 6.82. The third-order valence-electron chi connectivity index (χ3n) is 5.62. The summed E-state index contributed by atoms with van der Waals surface area (Å²) in [6.07, 6.45) is 14.4. The fourth-order valence-corrected chi connectivity index (χ4v) is 3.82. The average Bonchev–Trinajstić information content (AvgIpc) is 2.93. The minimum atomic E-state index is -0.0176. The van der Waals surface area contributed by atoms with Crippen LogP contribution in [0.2, 0.25) is 0 Å². The molecule has 3 N–H and O–H groups in total. The molecule has 1 heterocycles. The summed E-state index contributed by atoms with van der Waals surface area (Å²) in [4.78, 5) is 14.9. The van der Waals surface area contributed by atoms with E-state index < -0.39 is 0 Å². The van der Waals surface area contributed by atoms with Crippen molar-refractivity contribution in [3.63, 3.8) is 0 Å². The monoisotopic (exact) mass is 501 g/mol. The van der Waals surface area contributed by atoms with Gasteiger partial charge in [0.05, 0.1) is 0 Å². The molecular formula is C32H43N3O2. The van der Waals surface area contributed by atoms with Gasteiger partial charge in [0.25, 0.3) is 5.91 Å². The zero-order valence-corrected chi connectivity index (χ0v) is 22.8. The highest BCUT2D eigenvalue weighted by molar-refractivity contribution is 5.95. The molecule has 198 valence electrons. The summed E-state index contributed by atoms with van der Waals surface area (Å²) in [5.74, 6) is -0.0176. The Hall–Kier alpha value is -3.67. The Kier molecular flexibility index (Phi) is 15.7. The lowest BCUT2D eigenvalue weighted by Crippen LogP contribution is -2.27. The lowest BCUT2D eigenvalue weighted by Gasteiger charge is -2.32. The van der Waals surface area contributed by atoms with E-state index in [0.29, 0.717) is 13.1 Å². The van der Waals surface area contributed by atoms with E-state index in [-0.39, 0.29) is 5.91 Å². The normalized spacial score (nSPS) is 13.4. The van der Waals surface area contributed by atoms with Crippen molar-refractivity contribution in [3.05, 3.63) is 126 Å². The molecule has 5 heteroatoms. The second-order valence-corrected chi connectivity index (χ2v) is 8.16. The van der Waals surface area contributed by atoms with Gasteiger partial charge in [-0.1, -0.05) is 72.3 Å². The van der Waals surface area contributed by atoms with E-state index in [1.807, 2.05) is 37.3 Å². The maximum Gasteiger partial charge on any atom is 0.251 e. The average molecular weight is 502 g/mol. The van der Waals surface area contributed by atoms with Crippen molar-refractivity contribution in [1.82, 2.24) is 15.5 Å². The van der Waals surface area contributed by atoms with Crippen LogP contribution in [0.1, 0.15) is 53.7 Å². The summed E-state index contributed by atoms with van der Waals surface area (Å²) < 4.78 is 0. The molecular weight excluding hydrogens is 458 g/mol. The Morgan fingerprint density at radius 1 is 1.03 bits per heavy atom. The molecule has 2 aromatic carbocycles. The van der Waals surface area contributed by atoms with Gasteiger partial charge < -0.3 is 20.6 Å². The smallest absolute Gasteiger partial charge is 0.251 e. The summed E-state index contributed by atoms with van der Waals surface area (Å²) in [5, 5.41) is 13.5. The Morgan fingerprint density at radius 3 is 2.41 bits per heavy atom. The predicted octanol–water partition coefficient (Wildman–Crippen LogP) is 6.36. The van der Waals surface area contributed by atoms with E-state index in [1.165, 1.54) is 22.4 Å². The van der Waals surface area contributed by atoms with E-state index >= 15 is 0 Å². The number of amides is 1. The molecule has 0 aromatic heterocycles. The minimum Gasteiger partial charge on any atom is -0.400 e. The molecule has 37 heavy (non-hydrogen) atoms. The van der Waals surface area contributed by atoms with Crippen LogP contribution in [0.5, 0.6) is 0 Å². The first-order chi connectivity index (χ1) is 18.1. The van der Waals surface area contributed by atoms with Crippen LogP contribution >= 0.6 is 0 Å². The van der Waals surface area contributed by atoms with Crippen LogP contribution in [0.15, 0.2) is 104 Å². The van der Waals surface area contributed by atoms with Crippen molar-refractivity contribution in [2.75, 3.05) is 20.2 Å². The van der Waals surface area contributed by atoms with Crippen molar-refractivity contribution in [1.29, 1.82) is 0 Å². The molecule has 0 saturated carbocycles. The van der Waals surface area contributed by atoms with Crippen LogP contribution in [-0.2, 0) is 6.54 Å². The number of carbonyl (C=O) groups is 1. The Morgan fingerprint density at radius 2 is 1.73 bits per heavy atom. The van der Waals surface area contributed by atoms with Crippen LogP contribution in [0.4, 0.5) is 0 Å². The second-order valence-electron chi connectivity index (χ2n) is 8.16. The first kappa shape index (κ1) is 31.4. The summed E-state index contributed by atoms with van der Waals surface area (Å²) in [6, 6.07) is 16.2. The Bertz CT molecular complexity index is 1070. The van der Waals surface area contributed by atoms with Gasteiger partial charge in [0.2, 0.25) is 0 Å². The van der Waals surface area contributed by atoms with Gasteiger partial charge in [-0.05, 0) is 62.9 Å². The molecule has 1 aliphatic heterocycles. The van der Waals surface area contributed by atoms with Crippen molar-refractivity contribution >= 4 is 12.0 Å². The highest BCUT2D eigenvalue weighted by atomic mass is 16.2. The van der Waals surface area contributed by atoms with Gasteiger partial charge in [-0.15, -0.1) is 13.2 Å². The second kappa shape index (κ2) is 18.6. The van der Waals surface area contributed by atoms with Gasteiger partial charge in [0.15, 0.2) is 0 Å². The number of rotatable bonds is 11. The zero-order valence-electron chi connectivity index (χ0n) is 22.8. The number of nitrogens with one attached hydrogen (secondary N) is 2.